The summed E-state index contributed by atoms with van der Waals surface area (Å²) in [6.45, 7) is 1.19. The molecule has 6 rings (SSSR count). The summed E-state index contributed by atoms with van der Waals surface area (Å²) < 4.78 is 16.5. The van der Waals surface area contributed by atoms with Crippen molar-refractivity contribution in [3.63, 3.8) is 0 Å². The Hall–Kier alpha value is -2.77. The van der Waals surface area contributed by atoms with E-state index in [1.54, 1.807) is 18.2 Å². The van der Waals surface area contributed by atoms with Crippen LogP contribution in [-0.2, 0) is 17.9 Å². The van der Waals surface area contributed by atoms with Crippen molar-refractivity contribution in [1.82, 2.24) is 14.8 Å². The zero-order valence-electron chi connectivity index (χ0n) is 19.8. The number of carbonyl (C=O) groups is 1. The van der Waals surface area contributed by atoms with Crippen LogP contribution in [0, 0.1) is 23.6 Å². The van der Waals surface area contributed by atoms with E-state index in [0.29, 0.717) is 24.6 Å². The van der Waals surface area contributed by atoms with Crippen LogP contribution in [0.25, 0.3) is 5.57 Å². The Balaban J connectivity index is 1.39. The van der Waals surface area contributed by atoms with E-state index in [0.717, 1.165) is 48.9 Å². The molecule has 3 heterocycles. The van der Waals surface area contributed by atoms with E-state index in [1.807, 2.05) is 21.6 Å². The van der Waals surface area contributed by atoms with Gasteiger partial charge in [-0.3, -0.25) is 14.5 Å². The van der Waals surface area contributed by atoms with E-state index in [2.05, 4.69) is 11.4 Å². The van der Waals surface area contributed by atoms with Gasteiger partial charge in [0.1, 0.15) is 5.82 Å². The van der Waals surface area contributed by atoms with E-state index < -0.39 is 6.04 Å². The molecular weight excluding hydrogens is 445 g/mol. The molecule has 2 aliphatic carbocycles. The Kier molecular flexibility index (Phi) is 5.85. The van der Waals surface area contributed by atoms with E-state index in [1.165, 1.54) is 6.07 Å². The number of aliphatic hydroxyl groups is 1. The molecule has 35 heavy (non-hydrogen) atoms. The standard InChI is InChI=1S/C28H32FN3O3/c29-23-8-4-3-7-19(23)14-32-25-21(22(16-33)26(32)27(34)30-13-17-9-10-17)15-31-24(25)12-11-20(28(31)35)18-5-1-2-6-18/h3-5,7-8,11-12,17,21-22,25-26,33H,1-2,6,9-10,13-16H2,(H,30,34)/t21-,22-,25+,26-/m1/s1. The molecule has 184 valence electrons. The third-order valence-corrected chi connectivity index (χ3v) is 8.42. The number of aromatic nitrogens is 1. The largest absolute Gasteiger partial charge is 0.396 e. The summed E-state index contributed by atoms with van der Waals surface area (Å²) in [6, 6.07) is 9.75. The third kappa shape index (κ3) is 3.95. The molecule has 2 aromatic rings. The number of fused-ring (bicyclic) bond motifs is 3. The first-order valence-corrected chi connectivity index (χ1v) is 12.9. The first-order chi connectivity index (χ1) is 17.1. The van der Waals surface area contributed by atoms with Crippen molar-refractivity contribution in [3.8, 4) is 0 Å². The van der Waals surface area contributed by atoms with Crippen LogP contribution in [0.5, 0.6) is 0 Å². The smallest absolute Gasteiger partial charge is 0.258 e. The summed E-state index contributed by atoms with van der Waals surface area (Å²) in [6.07, 6.45) is 7.41. The molecule has 0 radical (unpaired) electrons. The summed E-state index contributed by atoms with van der Waals surface area (Å²) in [5.74, 6) is -0.311. The first-order valence-electron chi connectivity index (χ1n) is 12.9. The van der Waals surface area contributed by atoms with Gasteiger partial charge in [-0.05, 0) is 61.8 Å². The Morgan fingerprint density at radius 3 is 2.71 bits per heavy atom. The number of halogens is 1. The Labute approximate surface area is 204 Å². The van der Waals surface area contributed by atoms with Gasteiger partial charge in [-0.15, -0.1) is 0 Å². The lowest BCUT2D eigenvalue weighted by molar-refractivity contribution is -0.128. The van der Waals surface area contributed by atoms with Crippen LogP contribution >= 0.6 is 0 Å². The van der Waals surface area contributed by atoms with Crippen LogP contribution in [0.15, 0.2) is 47.3 Å². The monoisotopic (exact) mass is 477 g/mol. The highest BCUT2D eigenvalue weighted by Crippen LogP contribution is 2.50. The van der Waals surface area contributed by atoms with Gasteiger partial charge in [-0.1, -0.05) is 24.3 Å². The molecule has 0 spiro atoms. The number of likely N-dealkylation sites (tertiary alicyclic amines) is 1. The van der Waals surface area contributed by atoms with E-state index in [4.69, 9.17) is 0 Å². The van der Waals surface area contributed by atoms with Crippen molar-refractivity contribution in [2.75, 3.05) is 13.2 Å². The number of hydrogen-bond acceptors (Lipinski definition) is 4. The summed E-state index contributed by atoms with van der Waals surface area (Å²) in [5.41, 5.74) is 3.24. The molecule has 7 heteroatoms. The van der Waals surface area contributed by atoms with Gasteiger partial charge in [0.05, 0.1) is 12.1 Å². The van der Waals surface area contributed by atoms with E-state index in [9.17, 15) is 19.1 Å². The maximum atomic E-state index is 14.7. The number of allylic oxidation sites excluding steroid dienone is 2. The van der Waals surface area contributed by atoms with Gasteiger partial charge in [-0.25, -0.2) is 4.39 Å². The van der Waals surface area contributed by atoms with Crippen molar-refractivity contribution >= 4 is 11.5 Å². The quantitative estimate of drug-likeness (QED) is 0.642. The fourth-order valence-corrected chi connectivity index (χ4v) is 6.44. The van der Waals surface area contributed by atoms with Crippen molar-refractivity contribution in [1.29, 1.82) is 0 Å². The second-order valence-corrected chi connectivity index (χ2v) is 10.6. The molecule has 0 unspecified atom stereocenters. The molecule has 1 amide bonds. The number of carbonyl (C=O) groups excluding carboxylic acids is 1. The average molecular weight is 478 g/mol. The van der Waals surface area contributed by atoms with Gasteiger partial charge in [0.15, 0.2) is 0 Å². The second kappa shape index (κ2) is 9.03. The van der Waals surface area contributed by atoms with Gasteiger partial charge < -0.3 is 15.0 Å². The molecule has 2 aliphatic heterocycles. The fourth-order valence-electron chi connectivity index (χ4n) is 6.44. The lowest BCUT2D eigenvalue weighted by atomic mass is 9.88. The van der Waals surface area contributed by atoms with Crippen LogP contribution in [0.4, 0.5) is 4.39 Å². The normalized spacial score (nSPS) is 27.5. The highest BCUT2D eigenvalue weighted by atomic mass is 19.1. The number of hydrogen-bond donors (Lipinski definition) is 2. The van der Waals surface area contributed by atoms with Gasteiger partial charge >= 0.3 is 0 Å². The number of amides is 1. The molecule has 1 saturated heterocycles. The van der Waals surface area contributed by atoms with Crippen molar-refractivity contribution in [2.45, 2.75) is 57.3 Å². The molecule has 2 fully saturated rings. The second-order valence-electron chi connectivity index (χ2n) is 10.6. The lowest BCUT2D eigenvalue weighted by Crippen LogP contribution is -2.48. The van der Waals surface area contributed by atoms with Crippen molar-refractivity contribution < 1.29 is 14.3 Å². The molecular formula is C28H32FN3O3. The summed E-state index contributed by atoms with van der Waals surface area (Å²) >= 11 is 0. The Morgan fingerprint density at radius 2 is 2.00 bits per heavy atom. The molecule has 0 bridgehead atoms. The number of pyridine rings is 1. The number of nitrogens with one attached hydrogen (secondary N) is 1. The molecule has 4 atom stereocenters. The van der Waals surface area contributed by atoms with Crippen LogP contribution in [-0.4, -0.2) is 39.7 Å². The minimum Gasteiger partial charge on any atom is -0.396 e. The Bertz CT molecular complexity index is 1230. The fraction of sp³-hybridized carbons (Fsp3) is 0.500. The van der Waals surface area contributed by atoms with Gasteiger partial charge in [0, 0.05) is 54.9 Å². The maximum Gasteiger partial charge on any atom is 0.258 e. The minimum absolute atomic E-state index is 0.00214. The van der Waals surface area contributed by atoms with E-state index in [-0.39, 0.29) is 48.3 Å². The molecule has 1 aromatic heterocycles. The molecule has 1 saturated carbocycles. The molecule has 1 aromatic carbocycles. The van der Waals surface area contributed by atoms with Crippen LogP contribution in [0.2, 0.25) is 0 Å². The number of aliphatic hydroxyl groups excluding tert-OH is 1. The van der Waals surface area contributed by atoms with E-state index >= 15 is 0 Å². The molecule has 2 N–H and O–H groups in total. The van der Waals surface area contributed by atoms with Crippen molar-refractivity contribution in [3.05, 3.63) is 75.5 Å². The van der Waals surface area contributed by atoms with Gasteiger partial charge in [0.2, 0.25) is 5.91 Å². The zero-order valence-corrected chi connectivity index (χ0v) is 19.8. The summed E-state index contributed by atoms with van der Waals surface area (Å²) in [5, 5.41) is 13.5. The topological polar surface area (TPSA) is 74.6 Å². The van der Waals surface area contributed by atoms with Crippen LogP contribution in [0.3, 0.4) is 0 Å². The summed E-state index contributed by atoms with van der Waals surface area (Å²) in [7, 11) is 0. The number of nitrogens with zero attached hydrogens (tertiary/aromatic N) is 2. The molecule has 6 nitrogen and oxygen atoms in total. The zero-order chi connectivity index (χ0) is 24.1. The highest BCUT2D eigenvalue weighted by Gasteiger charge is 2.55. The number of rotatable bonds is 7. The third-order valence-electron chi connectivity index (χ3n) is 8.42. The predicted molar refractivity (Wildman–Crippen MR) is 131 cm³/mol. The number of benzene rings is 1. The predicted octanol–water partition coefficient (Wildman–Crippen LogP) is 3.24. The first kappa shape index (κ1) is 22.7. The highest BCUT2D eigenvalue weighted by molar-refractivity contribution is 5.83. The SMILES string of the molecule is O=C(NCC1CC1)[C@H]1[C@H](CO)[C@H]2Cn3c(ccc(C4=CCCC4)c3=O)[C@H]2N1Cc1ccccc1F. The van der Waals surface area contributed by atoms with Crippen LogP contribution in [0.1, 0.15) is 55.0 Å². The molecule has 4 aliphatic rings. The lowest BCUT2D eigenvalue weighted by Gasteiger charge is -2.31. The Morgan fingerprint density at radius 1 is 1.17 bits per heavy atom. The maximum absolute atomic E-state index is 14.7. The van der Waals surface area contributed by atoms with Crippen LogP contribution < -0.4 is 10.9 Å². The van der Waals surface area contributed by atoms with Gasteiger partial charge in [-0.2, -0.15) is 0 Å². The minimum atomic E-state index is -0.575. The average Bonchev–Trinajstić information content (AvgIpc) is 3.25. The summed E-state index contributed by atoms with van der Waals surface area (Å²) in [4.78, 5) is 29.0. The van der Waals surface area contributed by atoms with Crippen molar-refractivity contribution in [2.24, 2.45) is 17.8 Å². The van der Waals surface area contributed by atoms with Gasteiger partial charge in [0.25, 0.3) is 5.56 Å².